The Kier molecular flexibility index (Phi) is 3.96. The lowest BCUT2D eigenvalue weighted by Gasteiger charge is -2.15. The lowest BCUT2D eigenvalue weighted by atomic mass is 10.2. The van der Waals surface area contributed by atoms with Crippen LogP contribution in [0.3, 0.4) is 0 Å². The van der Waals surface area contributed by atoms with Gasteiger partial charge in [-0.25, -0.2) is 9.37 Å². The average Bonchev–Trinajstić information content (AvgIpc) is 2.66. The third-order valence-electron chi connectivity index (χ3n) is 2.86. The molecule has 2 N–H and O–H groups in total. The zero-order chi connectivity index (χ0) is 14.2. The molecule has 102 valence electrons. The number of nitrogens with two attached hydrogens (primary N) is 1. The first-order valence-electron chi connectivity index (χ1n) is 5.64. The van der Waals surface area contributed by atoms with Crippen LogP contribution in [0.2, 0.25) is 5.02 Å². The van der Waals surface area contributed by atoms with Crippen molar-refractivity contribution in [1.82, 2.24) is 9.55 Å². The van der Waals surface area contributed by atoms with Crippen LogP contribution in [0.4, 0.5) is 4.39 Å². The smallest absolute Gasteiger partial charge is 0.219 e. The minimum Gasteiger partial charge on any atom is -0.370 e. The number of primary amides is 1. The molecule has 0 saturated carbocycles. The molecule has 2 rings (SSSR count). The Balaban J connectivity index is 2.62. The van der Waals surface area contributed by atoms with Crippen LogP contribution in [0.15, 0.2) is 12.1 Å². The quantitative estimate of drug-likeness (QED) is 0.883. The summed E-state index contributed by atoms with van der Waals surface area (Å²) in [5.41, 5.74) is 6.28. The number of fused-ring (bicyclic) bond motifs is 1. The number of hydrogen-bond acceptors (Lipinski definition) is 2. The summed E-state index contributed by atoms with van der Waals surface area (Å²) in [4.78, 5) is 15.3. The molecule has 0 aliphatic rings. The second-order valence-electron chi connectivity index (χ2n) is 4.31. The Labute approximate surface area is 119 Å². The standard InChI is InChI=1S/C12H12Cl2FN3O/c1-6(2-11(16)19)18-10-4-8(15)7(14)3-9(10)17-12(18)5-13/h3-4,6H,2,5H2,1H3,(H2,16,19). The van der Waals surface area contributed by atoms with Crippen LogP contribution >= 0.6 is 23.2 Å². The van der Waals surface area contributed by atoms with Crippen molar-refractivity contribution in [3.05, 3.63) is 28.8 Å². The Morgan fingerprint density at radius 3 is 2.84 bits per heavy atom. The van der Waals surface area contributed by atoms with E-state index in [1.165, 1.54) is 12.1 Å². The number of carbonyl (C=O) groups excluding carboxylic acids is 1. The third-order valence-corrected chi connectivity index (χ3v) is 3.39. The summed E-state index contributed by atoms with van der Waals surface area (Å²) in [5, 5.41) is 0.000766. The number of halogens is 3. The molecule has 1 unspecified atom stereocenters. The Morgan fingerprint density at radius 2 is 2.26 bits per heavy atom. The number of aromatic nitrogens is 2. The van der Waals surface area contributed by atoms with Gasteiger partial charge in [-0.3, -0.25) is 4.79 Å². The highest BCUT2D eigenvalue weighted by molar-refractivity contribution is 6.31. The van der Waals surface area contributed by atoms with Crippen molar-refractivity contribution in [2.75, 3.05) is 0 Å². The first-order chi connectivity index (χ1) is 8.93. The minimum atomic E-state index is -0.539. The summed E-state index contributed by atoms with van der Waals surface area (Å²) >= 11 is 11.6. The molecule has 1 amide bonds. The first kappa shape index (κ1) is 14.1. The highest BCUT2D eigenvalue weighted by Gasteiger charge is 2.18. The molecule has 1 heterocycles. The van der Waals surface area contributed by atoms with Crippen LogP contribution in [-0.4, -0.2) is 15.5 Å². The maximum Gasteiger partial charge on any atom is 0.219 e. The van der Waals surface area contributed by atoms with Crippen molar-refractivity contribution in [3.8, 4) is 0 Å². The SMILES string of the molecule is CC(CC(N)=O)n1c(CCl)nc2cc(Cl)c(F)cc21. The van der Waals surface area contributed by atoms with Crippen molar-refractivity contribution >= 4 is 40.1 Å². The second-order valence-corrected chi connectivity index (χ2v) is 4.98. The summed E-state index contributed by atoms with van der Waals surface area (Å²) in [5.74, 6) is -0.282. The molecule has 0 fully saturated rings. The summed E-state index contributed by atoms with van der Waals surface area (Å²) < 4.78 is 15.3. The monoisotopic (exact) mass is 303 g/mol. The van der Waals surface area contributed by atoms with Crippen LogP contribution in [0, 0.1) is 5.82 Å². The van der Waals surface area contributed by atoms with Gasteiger partial charge in [0.2, 0.25) is 5.91 Å². The highest BCUT2D eigenvalue weighted by Crippen LogP contribution is 2.28. The summed E-state index contributed by atoms with van der Waals surface area (Å²) in [6, 6.07) is 2.48. The molecule has 0 bridgehead atoms. The van der Waals surface area contributed by atoms with E-state index in [1.807, 2.05) is 0 Å². The fourth-order valence-corrected chi connectivity index (χ4v) is 2.46. The maximum atomic E-state index is 13.6. The van der Waals surface area contributed by atoms with E-state index in [9.17, 15) is 9.18 Å². The Morgan fingerprint density at radius 1 is 1.58 bits per heavy atom. The number of hydrogen-bond donors (Lipinski definition) is 1. The van der Waals surface area contributed by atoms with Gasteiger partial charge in [0.1, 0.15) is 11.6 Å². The minimum absolute atomic E-state index is 0.000766. The van der Waals surface area contributed by atoms with Crippen LogP contribution in [0.5, 0.6) is 0 Å². The van der Waals surface area contributed by atoms with Gasteiger partial charge in [-0.05, 0) is 13.0 Å². The Hall–Kier alpha value is -1.33. The van der Waals surface area contributed by atoms with Crippen molar-refractivity contribution in [2.24, 2.45) is 5.73 Å². The zero-order valence-corrected chi connectivity index (χ0v) is 11.7. The second kappa shape index (κ2) is 5.35. The molecule has 0 saturated heterocycles. The fraction of sp³-hybridized carbons (Fsp3) is 0.333. The van der Waals surface area contributed by atoms with E-state index >= 15 is 0 Å². The van der Waals surface area contributed by atoms with E-state index in [4.69, 9.17) is 28.9 Å². The molecule has 1 aromatic heterocycles. The van der Waals surface area contributed by atoms with Gasteiger partial charge in [0, 0.05) is 18.5 Å². The number of carbonyl (C=O) groups is 1. The van der Waals surface area contributed by atoms with Crippen molar-refractivity contribution in [3.63, 3.8) is 0 Å². The van der Waals surface area contributed by atoms with Gasteiger partial charge in [0.05, 0.1) is 21.9 Å². The van der Waals surface area contributed by atoms with E-state index in [0.29, 0.717) is 16.9 Å². The van der Waals surface area contributed by atoms with Gasteiger partial charge in [0.15, 0.2) is 0 Å². The van der Waals surface area contributed by atoms with Crippen molar-refractivity contribution < 1.29 is 9.18 Å². The number of benzene rings is 1. The van der Waals surface area contributed by atoms with Crippen molar-refractivity contribution in [1.29, 1.82) is 0 Å². The van der Waals surface area contributed by atoms with Crippen LogP contribution < -0.4 is 5.73 Å². The average molecular weight is 304 g/mol. The predicted octanol–water partition coefficient (Wildman–Crippen LogP) is 3.00. The predicted molar refractivity (Wildman–Crippen MR) is 72.8 cm³/mol. The molecule has 1 aromatic carbocycles. The van der Waals surface area contributed by atoms with Gasteiger partial charge in [-0.2, -0.15) is 0 Å². The molecule has 0 aliphatic heterocycles. The normalized spacial score (nSPS) is 12.8. The zero-order valence-electron chi connectivity index (χ0n) is 10.2. The largest absolute Gasteiger partial charge is 0.370 e. The highest BCUT2D eigenvalue weighted by atomic mass is 35.5. The Bertz CT molecular complexity index is 641. The maximum absolute atomic E-state index is 13.6. The van der Waals surface area contributed by atoms with Crippen LogP contribution in [-0.2, 0) is 10.7 Å². The lowest BCUT2D eigenvalue weighted by molar-refractivity contribution is -0.118. The van der Waals surface area contributed by atoms with E-state index in [0.717, 1.165) is 0 Å². The third kappa shape index (κ3) is 2.67. The molecule has 7 heteroatoms. The number of amides is 1. The molecule has 0 spiro atoms. The molecule has 2 aromatic rings. The topological polar surface area (TPSA) is 60.9 Å². The molecule has 4 nitrogen and oxygen atoms in total. The lowest BCUT2D eigenvalue weighted by Crippen LogP contribution is -2.18. The summed E-state index contributed by atoms with van der Waals surface area (Å²) in [6.07, 6.45) is 0.125. The van der Waals surface area contributed by atoms with E-state index < -0.39 is 11.7 Å². The van der Waals surface area contributed by atoms with E-state index in [2.05, 4.69) is 4.98 Å². The summed E-state index contributed by atoms with van der Waals surface area (Å²) in [6.45, 7) is 1.80. The molecule has 1 atom stereocenters. The first-order valence-corrected chi connectivity index (χ1v) is 6.55. The van der Waals surface area contributed by atoms with Crippen molar-refractivity contribution in [2.45, 2.75) is 25.3 Å². The molecule has 19 heavy (non-hydrogen) atoms. The van der Waals surface area contributed by atoms with Gasteiger partial charge in [-0.1, -0.05) is 11.6 Å². The van der Waals surface area contributed by atoms with Crippen LogP contribution in [0.25, 0.3) is 11.0 Å². The molecule has 0 radical (unpaired) electrons. The molecule has 0 aliphatic carbocycles. The van der Waals surface area contributed by atoms with E-state index in [1.54, 1.807) is 11.5 Å². The summed E-state index contributed by atoms with van der Waals surface area (Å²) in [7, 11) is 0. The molecular formula is C12H12Cl2FN3O. The number of alkyl halides is 1. The number of rotatable bonds is 4. The van der Waals surface area contributed by atoms with Crippen LogP contribution in [0.1, 0.15) is 25.2 Å². The van der Waals surface area contributed by atoms with Gasteiger partial charge >= 0.3 is 0 Å². The van der Waals surface area contributed by atoms with Gasteiger partial charge < -0.3 is 10.3 Å². The number of nitrogens with zero attached hydrogens (tertiary/aromatic N) is 2. The van der Waals surface area contributed by atoms with Gasteiger partial charge in [0.25, 0.3) is 0 Å². The molecular weight excluding hydrogens is 292 g/mol. The number of imidazole rings is 1. The van der Waals surface area contributed by atoms with E-state index in [-0.39, 0.29) is 23.4 Å². The van der Waals surface area contributed by atoms with Gasteiger partial charge in [-0.15, -0.1) is 11.6 Å². The fourth-order valence-electron chi connectivity index (χ4n) is 2.11.